The zero-order valence-electron chi connectivity index (χ0n) is 12.6. The number of piperidine rings is 1. The molecule has 22 heavy (non-hydrogen) atoms. The molecule has 0 aliphatic carbocycles. The van der Waals surface area contributed by atoms with E-state index in [0.717, 1.165) is 19.4 Å². The fourth-order valence-electron chi connectivity index (χ4n) is 3.33. The SMILES string of the molecule is O=C(O)C1CCCN(C(c2ccccc2)c2ccccc2)C1. The largest absolute Gasteiger partial charge is 0.481 e. The average molecular weight is 295 g/mol. The summed E-state index contributed by atoms with van der Waals surface area (Å²) in [5.74, 6) is -0.937. The molecule has 1 aliphatic heterocycles. The number of carbonyl (C=O) groups is 1. The van der Waals surface area contributed by atoms with Crippen LogP contribution in [-0.2, 0) is 4.79 Å². The lowest BCUT2D eigenvalue weighted by atomic mass is 9.91. The van der Waals surface area contributed by atoms with Gasteiger partial charge in [-0.3, -0.25) is 9.69 Å². The molecule has 1 aliphatic rings. The quantitative estimate of drug-likeness (QED) is 0.937. The molecule has 0 aromatic heterocycles. The second-order valence-corrected chi connectivity index (χ2v) is 5.90. The fraction of sp³-hybridized carbons (Fsp3) is 0.316. The first-order chi connectivity index (χ1) is 10.8. The standard InChI is InChI=1S/C19H21NO2/c21-19(22)17-12-7-13-20(14-17)18(15-8-3-1-4-9-15)16-10-5-2-6-11-16/h1-6,8-11,17-18H,7,12-14H2,(H,21,22). The summed E-state index contributed by atoms with van der Waals surface area (Å²) in [6.07, 6.45) is 1.72. The number of hydrogen-bond donors (Lipinski definition) is 1. The van der Waals surface area contributed by atoms with Crippen molar-refractivity contribution < 1.29 is 9.90 Å². The summed E-state index contributed by atoms with van der Waals surface area (Å²) in [4.78, 5) is 13.7. The van der Waals surface area contributed by atoms with Gasteiger partial charge in [-0.1, -0.05) is 60.7 Å². The van der Waals surface area contributed by atoms with E-state index in [1.807, 2.05) is 36.4 Å². The van der Waals surface area contributed by atoms with Crippen LogP contribution in [-0.4, -0.2) is 29.1 Å². The number of benzene rings is 2. The Morgan fingerprint density at radius 1 is 1.00 bits per heavy atom. The number of carboxylic acid groups (broad SMARTS) is 1. The van der Waals surface area contributed by atoms with Gasteiger partial charge in [-0.25, -0.2) is 0 Å². The van der Waals surface area contributed by atoms with Crippen LogP contribution >= 0.6 is 0 Å². The van der Waals surface area contributed by atoms with E-state index < -0.39 is 5.97 Å². The lowest BCUT2D eigenvalue weighted by Crippen LogP contribution is -2.41. The normalized spacial score (nSPS) is 19.2. The zero-order valence-corrected chi connectivity index (χ0v) is 12.6. The van der Waals surface area contributed by atoms with Crippen molar-refractivity contribution >= 4 is 5.97 Å². The van der Waals surface area contributed by atoms with E-state index in [9.17, 15) is 9.90 Å². The Kier molecular flexibility index (Phi) is 4.54. The van der Waals surface area contributed by atoms with Gasteiger partial charge in [0.25, 0.3) is 0 Å². The van der Waals surface area contributed by atoms with Crippen LogP contribution < -0.4 is 0 Å². The van der Waals surface area contributed by atoms with Crippen molar-refractivity contribution in [1.29, 1.82) is 0 Å². The first kappa shape index (κ1) is 14.8. The lowest BCUT2D eigenvalue weighted by molar-refractivity contribution is -0.143. The minimum atomic E-state index is -0.676. The van der Waals surface area contributed by atoms with E-state index in [2.05, 4.69) is 29.2 Å². The Morgan fingerprint density at radius 2 is 1.55 bits per heavy atom. The van der Waals surface area contributed by atoms with E-state index >= 15 is 0 Å². The fourth-order valence-corrected chi connectivity index (χ4v) is 3.33. The summed E-state index contributed by atoms with van der Waals surface area (Å²) in [5.41, 5.74) is 2.44. The Labute approximate surface area is 131 Å². The Bertz CT molecular complexity index is 572. The van der Waals surface area contributed by atoms with Crippen LogP contribution in [0.25, 0.3) is 0 Å². The average Bonchev–Trinajstić information content (AvgIpc) is 2.57. The predicted molar refractivity (Wildman–Crippen MR) is 86.7 cm³/mol. The monoisotopic (exact) mass is 295 g/mol. The molecule has 1 saturated heterocycles. The maximum absolute atomic E-state index is 11.4. The number of hydrogen-bond acceptors (Lipinski definition) is 2. The molecular weight excluding hydrogens is 274 g/mol. The molecule has 0 amide bonds. The third-order valence-corrected chi connectivity index (χ3v) is 4.40. The molecule has 3 rings (SSSR count). The van der Waals surface area contributed by atoms with Crippen molar-refractivity contribution in [2.24, 2.45) is 5.92 Å². The molecule has 3 nitrogen and oxygen atoms in total. The van der Waals surface area contributed by atoms with E-state index in [-0.39, 0.29) is 12.0 Å². The number of aliphatic carboxylic acids is 1. The maximum atomic E-state index is 11.4. The minimum Gasteiger partial charge on any atom is -0.481 e. The van der Waals surface area contributed by atoms with Gasteiger partial charge >= 0.3 is 5.97 Å². The van der Waals surface area contributed by atoms with Crippen LogP contribution in [0, 0.1) is 5.92 Å². The van der Waals surface area contributed by atoms with Crippen LogP contribution in [0.2, 0.25) is 0 Å². The molecule has 1 fully saturated rings. The number of likely N-dealkylation sites (tertiary alicyclic amines) is 1. The Balaban J connectivity index is 1.94. The van der Waals surface area contributed by atoms with Crippen LogP contribution in [0.15, 0.2) is 60.7 Å². The summed E-state index contributed by atoms with van der Waals surface area (Å²) in [5, 5.41) is 9.35. The summed E-state index contributed by atoms with van der Waals surface area (Å²) in [7, 11) is 0. The van der Waals surface area contributed by atoms with Crippen LogP contribution in [0.4, 0.5) is 0 Å². The topological polar surface area (TPSA) is 40.5 Å². The molecule has 2 aromatic rings. The molecule has 0 saturated carbocycles. The summed E-state index contributed by atoms with van der Waals surface area (Å²) in [6.45, 7) is 1.56. The molecule has 1 atom stereocenters. The van der Waals surface area contributed by atoms with Crippen molar-refractivity contribution in [3.05, 3.63) is 71.8 Å². The molecule has 114 valence electrons. The van der Waals surface area contributed by atoms with E-state index in [1.54, 1.807) is 0 Å². The summed E-state index contributed by atoms with van der Waals surface area (Å²) >= 11 is 0. The van der Waals surface area contributed by atoms with Gasteiger partial charge in [-0.2, -0.15) is 0 Å². The predicted octanol–water partition coefficient (Wildman–Crippen LogP) is 3.57. The third-order valence-electron chi connectivity index (χ3n) is 4.40. The van der Waals surface area contributed by atoms with Crippen LogP contribution in [0.1, 0.15) is 30.0 Å². The summed E-state index contributed by atoms with van der Waals surface area (Å²) < 4.78 is 0. The highest BCUT2D eigenvalue weighted by atomic mass is 16.4. The van der Waals surface area contributed by atoms with Gasteiger partial charge in [0.2, 0.25) is 0 Å². The molecule has 3 heteroatoms. The van der Waals surface area contributed by atoms with E-state index in [0.29, 0.717) is 6.54 Å². The number of rotatable bonds is 4. The van der Waals surface area contributed by atoms with Gasteiger partial charge < -0.3 is 5.11 Å². The van der Waals surface area contributed by atoms with Crippen LogP contribution in [0.5, 0.6) is 0 Å². The van der Waals surface area contributed by atoms with Crippen molar-refractivity contribution in [1.82, 2.24) is 4.90 Å². The Morgan fingerprint density at radius 3 is 2.05 bits per heavy atom. The van der Waals surface area contributed by atoms with E-state index in [4.69, 9.17) is 0 Å². The van der Waals surface area contributed by atoms with Crippen molar-refractivity contribution in [2.75, 3.05) is 13.1 Å². The molecule has 0 bridgehead atoms. The van der Waals surface area contributed by atoms with Gasteiger partial charge in [-0.15, -0.1) is 0 Å². The second kappa shape index (κ2) is 6.75. The van der Waals surface area contributed by atoms with Crippen molar-refractivity contribution in [2.45, 2.75) is 18.9 Å². The highest BCUT2D eigenvalue weighted by Crippen LogP contribution is 2.32. The number of carboxylic acids is 1. The molecule has 2 aromatic carbocycles. The van der Waals surface area contributed by atoms with Crippen molar-refractivity contribution in [3.63, 3.8) is 0 Å². The van der Waals surface area contributed by atoms with Gasteiger partial charge in [0.05, 0.1) is 12.0 Å². The molecule has 0 radical (unpaired) electrons. The van der Waals surface area contributed by atoms with Crippen LogP contribution in [0.3, 0.4) is 0 Å². The smallest absolute Gasteiger partial charge is 0.307 e. The van der Waals surface area contributed by atoms with E-state index in [1.165, 1.54) is 11.1 Å². The molecule has 1 unspecified atom stereocenters. The van der Waals surface area contributed by atoms with Gasteiger partial charge in [-0.05, 0) is 30.5 Å². The van der Waals surface area contributed by atoms with Crippen molar-refractivity contribution in [3.8, 4) is 0 Å². The molecular formula is C19H21NO2. The first-order valence-corrected chi connectivity index (χ1v) is 7.82. The first-order valence-electron chi connectivity index (χ1n) is 7.82. The molecule has 0 spiro atoms. The van der Waals surface area contributed by atoms with Gasteiger partial charge in [0, 0.05) is 6.54 Å². The lowest BCUT2D eigenvalue weighted by Gasteiger charge is -2.37. The van der Waals surface area contributed by atoms with Gasteiger partial charge in [0.15, 0.2) is 0 Å². The second-order valence-electron chi connectivity index (χ2n) is 5.90. The third kappa shape index (κ3) is 3.20. The molecule has 1 heterocycles. The Hall–Kier alpha value is -2.13. The summed E-state index contributed by atoms with van der Waals surface area (Å²) in [6, 6.07) is 20.9. The number of nitrogens with zero attached hydrogens (tertiary/aromatic N) is 1. The van der Waals surface area contributed by atoms with Gasteiger partial charge in [0.1, 0.15) is 0 Å². The zero-order chi connectivity index (χ0) is 15.4. The minimum absolute atomic E-state index is 0.129. The maximum Gasteiger partial charge on any atom is 0.307 e. The highest BCUT2D eigenvalue weighted by molar-refractivity contribution is 5.70. The molecule has 1 N–H and O–H groups in total. The highest BCUT2D eigenvalue weighted by Gasteiger charge is 2.30.